The molecule has 0 aliphatic heterocycles. The van der Waals surface area contributed by atoms with Gasteiger partial charge in [0.15, 0.2) is 0 Å². The number of hydrogen-bond donors (Lipinski definition) is 0. The summed E-state index contributed by atoms with van der Waals surface area (Å²) >= 11 is 3.49. The first-order valence-electron chi connectivity index (χ1n) is 12.3. The molecule has 0 unspecified atom stereocenters. The summed E-state index contributed by atoms with van der Waals surface area (Å²) in [5, 5.41) is 0. The lowest BCUT2D eigenvalue weighted by Gasteiger charge is -2.28. The predicted molar refractivity (Wildman–Crippen MR) is 141 cm³/mol. The molecule has 0 radical (unpaired) electrons. The van der Waals surface area contributed by atoms with Crippen molar-refractivity contribution >= 4 is 27.7 Å². The highest BCUT2D eigenvalue weighted by Crippen LogP contribution is 2.15. The molecule has 0 fully saturated rings. The number of ether oxygens (including phenoxy) is 1. The van der Waals surface area contributed by atoms with Gasteiger partial charge in [-0.25, -0.2) is 0 Å². The van der Waals surface area contributed by atoms with Crippen molar-refractivity contribution in [1.29, 1.82) is 0 Å². The van der Waals surface area contributed by atoms with Crippen LogP contribution in [0.25, 0.3) is 0 Å². The molecule has 0 aliphatic rings. The predicted octanol–water partition coefficient (Wildman–Crippen LogP) is 5.34. The van der Waals surface area contributed by atoms with Crippen molar-refractivity contribution in [2.75, 3.05) is 33.4 Å². The van der Waals surface area contributed by atoms with Crippen LogP contribution in [0, 0.1) is 5.92 Å². The Bertz CT molecular complexity index is 880. The van der Waals surface area contributed by atoms with Gasteiger partial charge < -0.3 is 19.1 Å². The third-order valence-electron chi connectivity index (χ3n) is 5.72. The molecule has 0 N–H and O–H groups in total. The molecule has 0 aliphatic carbocycles. The molecule has 1 aromatic carbocycles. The Balaban J connectivity index is 2.12. The Labute approximate surface area is 213 Å². The minimum atomic E-state index is -0.000588. The first-order chi connectivity index (χ1) is 16.3. The Kier molecular flexibility index (Phi) is 12.4. The van der Waals surface area contributed by atoms with Crippen LogP contribution in [0.15, 0.2) is 47.1 Å². The summed E-state index contributed by atoms with van der Waals surface area (Å²) in [5.74, 6) is 0.290. The van der Waals surface area contributed by atoms with E-state index in [4.69, 9.17) is 4.74 Å². The maximum atomic E-state index is 13.4. The fourth-order valence-corrected chi connectivity index (χ4v) is 4.07. The molecule has 0 atom stereocenters. The molecule has 0 bridgehead atoms. The minimum Gasteiger partial charge on any atom is -0.385 e. The third kappa shape index (κ3) is 9.63. The Morgan fingerprint density at radius 1 is 1.03 bits per heavy atom. The lowest BCUT2D eigenvalue weighted by molar-refractivity contribution is -0.141. The van der Waals surface area contributed by atoms with E-state index in [2.05, 4.69) is 51.8 Å². The fourth-order valence-electron chi connectivity index (χ4n) is 3.80. The SMILES string of the molecule is CCCCN(Cc1cccn1Cc1ccc(Br)cc1)C(=O)CN(CCCOC)C(=O)CC(C)C. The number of nitrogens with zero attached hydrogens (tertiary/aromatic N) is 3. The van der Waals surface area contributed by atoms with Gasteiger partial charge in [-0.2, -0.15) is 0 Å². The highest BCUT2D eigenvalue weighted by Gasteiger charge is 2.22. The highest BCUT2D eigenvalue weighted by atomic mass is 79.9. The smallest absolute Gasteiger partial charge is 0.242 e. The molecule has 0 saturated carbocycles. The van der Waals surface area contributed by atoms with E-state index < -0.39 is 0 Å². The molecule has 188 valence electrons. The van der Waals surface area contributed by atoms with E-state index in [1.54, 1.807) is 12.0 Å². The van der Waals surface area contributed by atoms with Crippen molar-refractivity contribution in [2.45, 2.75) is 59.5 Å². The number of halogens is 1. The van der Waals surface area contributed by atoms with Crippen molar-refractivity contribution in [1.82, 2.24) is 14.4 Å². The van der Waals surface area contributed by atoms with Crippen LogP contribution in [0.3, 0.4) is 0 Å². The number of aromatic nitrogens is 1. The number of carbonyl (C=O) groups excluding carboxylic acids is 2. The van der Waals surface area contributed by atoms with Gasteiger partial charge in [-0.3, -0.25) is 9.59 Å². The van der Waals surface area contributed by atoms with Crippen molar-refractivity contribution in [2.24, 2.45) is 5.92 Å². The van der Waals surface area contributed by atoms with Crippen molar-refractivity contribution in [3.05, 3.63) is 58.3 Å². The number of unbranched alkanes of at least 4 members (excludes halogenated alkanes) is 1. The topological polar surface area (TPSA) is 54.8 Å². The molecule has 0 saturated heterocycles. The number of methoxy groups -OCH3 is 1. The second-order valence-electron chi connectivity index (χ2n) is 9.18. The van der Waals surface area contributed by atoms with E-state index >= 15 is 0 Å². The molecular weight excluding hydrogens is 494 g/mol. The number of hydrogen-bond acceptors (Lipinski definition) is 3. The van der Waals surface area contributed by atoms with Crippen molar-refractivity contribution in [3.63, 3.8) is 0 Å². The standard InChI is InChI=1S/C27H40BrN3O3/c1-5-6-14-30(27(33)21-31(16-8-17-34-4)26(32)18-22(2)3)20-25-9-7-15-29(25)19-23-10-12-24(28)13-11-23/h7,9-13,15,22H,5-6,8,14,16-21H2,1-4H3. The lowest BCUT2D eigenvalue weighted by atomic mass is 10.1. The quantitative estimate of drug-likeness (QED) is 0.290. The van der Waals surface area contributed by atoms with Crippen LogP contribution in [0.5, 0.6) is 0 Å². The monoisotopic (exact) mass is 533 g/mol. The highest BCUT2D eigenvalue weighted by molar-refractivity contribution is 9.10. The van der Waals surface area contributed by atoms with Gasteiger partial charge in [0, 0.05) is 56.1 Å². The van der Waals surface area contributed by atoms with Crippen LogP contribution in [-0.4, -0.2) is 59.5 Å². The van der Waals surface area contributed by atoms with E-state index in [1.807, 2.05) is 36.9 Å². The maximum absolute atomic E-state index is 13.4. The molecule has 1 aromatic heterocycles. The molecule has 1 heterocycles. The van der Waals surface area contributed by atoms with E-state index in [0.717, 1.165) is 36.0 Å². The third-order valence-corrected chi connectivity index (χ3v) is 6.24. The van der Waals surface area contributed by atoms with Crippen LogP contribution in [0.4, 0.5) is 0 Å². The van der Waals surface area contributed by atoms with Crippen LogP contribution in [0.1, 0.15) is 57.7 Å². The fraction of sp³-hybridized carbons (Fsp3) is 0.556. The molecule has 34 heavy (non-hydrogen) atoms. The van der Waals surface area contributed by atoms with E-state index in [1.165, 1.54) is 5.56 Å². The normalized spacial score (nSPS) is 11.1. The lowest BCUT2D eigenvalue weighted by Crippen LogP contribution is -2.44. The number of rotatable bonds is 15. The second-order valence-corrected chi connectivity index (χ2v) is 10.1. The average Bonchev–Trinajstić information content (AvgIpc) is 3.23. The minimum absolute atomic E-state index is 0.000588. The van der Waals surface area contributed by atoms with Crippen molar-refractivity contribution in [3.8, 4) is 0 Å². The second kappa shape index (κ2) is 15.0. The summed E-state index contributed by atoms with van der Waals surface area (Å²) in [4.78, 5) is 29.8. The Morgan fingerprint density at radius 2 is 1.74 bits per heavy atom. The van der Waals surface area contributed by atoms with Gasteiger partial charge in [0.05, 0.1) is 13.1 Å². The first kappa shape index (κ1) is 28.1. The Hall–Kier alpha value is -2.12. The van der Waals surface area contributed by atoms with Crippen LogP contribution >= 0.6 is 15.9 Å². The van der Waals surface area contributed by atoms with E-state index in [9.17, 15) is 9.59 Å². The molecule has 2 rings (SSSR count). The number of benzene rings is 1. The first-order valence-corrected chi connectivity index (χ1v) is 13.1. The summed E-state index contributed by atoms with van der Waals surface area (Å²) in [6.07, 6.45) is 5.17. The Morgan fingerprint density at radius 3 is 2.38 bits per heavy atom. The van der Waals surface area contributed by atoms with Gasteiger partial charge in [0.25, 0.3) is 0 Å². The zero-order chi connectivity index (χ0) is 24.9. The average molecular weight is 535 g/mol. The summed E-state index contributed by atoms with van der Waals surface area (Å²) in [6.45, 7) is 9.38. The van der Waals surface area contributed by atoms with Gasteiger partial charge in [-0.1, -0.05) is 55.3 Å². The van der Waals surface area contributed by atoms with Crippen LogP contribution < -0.4 is 0 Å². The molecular formula is C27H40BrN3O3. The molecule has 2 amide bonds. The summed E-state index contributed by atoms with van der Waals surface area (Å²) in [5.41, 5.74) is 2.29. The van der Waals surface area contributed by atoms with Gasteiger partial charge in [-0.15, -0.1) is 0 Å². The number of carbonyl (C=O) groups is 2. The summed E-state index contributed by atoms with van der Waals surface area (Å²) in [6, 6.07) is 12.4. The zero-order valence-electron chi connectivity index (χ0n) is 21.1. The van der Waals surface area contributed by atoms with E-state index in [-0.39, 0.29) is 24.3 Å². The molecule has 6 nitrogen and oxygen atoms in total. The summed E-state index contributed by atoms with van der Waals surface area (Å²) < 4.78 is 8.41. The molecule has 7 heteroatoms. The van der Waals surface area contributed by atoms with Gasteiger partial charge in [0.1, 0.15) is 0 Å². The van der Waals surface area contributed by atoms with Gasteiger partial charge in [0.2, 0.25) is 11.8 Å². The maximum Gasteiger partial charge on any atom is 0.242 e. The number of amides is 2. The van der Waals surface area contributed by atoms with Crippen molar-refractivity contribution < 1.29 is 14.3 Å². The zero-order valence-corrected chi connectivity index (χ0v) is 22.7. The van der Waals surface area contributed by atoms with Gasteiger partial charge >= 0.3 is 0 Å². The van der Waals surface area contributed by atoms with Crippen LogP contribution in [-0.2, 0) is 27.4 Å². The largest absolute Gasteiger partial charge is 0.385 e. The van der Waals surface area contributed by atoms with Gasteiger partial charge in [-0.05, 0) is 48.6 Å². The van der Waals surface area contributed by atoms with Crippen LogP contribution in [0.2, 0.25) is 0 Å². The molecule has 0 spiro atoms. The summed E-state index contributed by atoms with van der Waals surface area (Å²) in [7, 11) is 1.65. The molecule has 2 aromatic rings. The van der Waals surface area contributed by atoms with E-state index in [0.29, 0.717) is 32.7 Å².